The highest BCUT2D eigenvalue weighted by Crippen LogP contribution is 2.26. The molecule has 0 saturated heterocycles. The maximum absolute atomic E-state index is 13.8. The highest BCUT2D eigenvalue weighted by Gasteiger charge is 2.15. The van der Waals surface area contributed by atoms with Crippen LogP contribution in [0.1, 0.15) is 30.9 Å². The maximum Gasteiger partial charge on any atom is 0.146 e. The molecule has 1 atom stereocenters. The Balaban J connectivity index is 2.78. The van der Waals surface area contributed by atoms with Crippen LogP contribution in [-0.2, 0) is 0 Å². The first-order chi connectivity index (χ1) is 7.70. The fraction of sp³-hybridized carbons (Fsp3) is 0.385. The van der Waals surface area contributed by atoms with Crippen LogP contribution in [0.25, 0.3) is 0 Å². The number of hydrogen-bond acceptors (Lipinski definition) is 1. The third-order valence-corrected chi connectivity index (χ3v) is 2.90. The van der Waals surface area contributed by atoms with Crippen LogP contribution < -0.4 is 5.32 Å². The highest BCUT2D eigenvalue weighted by atomic mass is 35.5. The summed E-state index contributed by atoms with van der Waals surface area (Å²) in [6.45, 7) is 3.67. The van der Waals surface area contributed by atoms with Gasteiger partial charge in [0.25, 0.3) is 0 Å². The van der Waals surface area contributed by atoms with E-state index in [1.807, 2.05) is 13.1 Å². The van der Waals surface area contributed by atoms with Gasteiger partial charge in [-0.3, -0.25) is 0 Å². The van der Waals surface area contributed by atoms with Gasteiger partial charge in [-0.25, -0.2) is 4.39 Å². The number of unbranched alkanes of at least 4 members (excludes halogenated alkanes) is 1. The minimum Gasteiger partial charge on any atom is -0.313 e. The van der Waals surface area contributed by atoms with E-state index in [4.69, 9.17) is 11.6 Å². The third-order valence-electron chi connectivity index (χ3n) is 2.61. The van der Waals surface area contributed by atoms with E-state index in [1.165, 1.54) is 0 Å². The summed E-state index contributed by atoms with van der Waals surface area (Å²) in [5.41, 5.74) is 0.638. The molecule has 1 aromatic rings. The fourth-order valence-corrected chi connectivity index (χ4v) is 1.89. The van der Waals surface area contributed by atoms with E-state index in [0.29, 0.717) is 5.56 Å². The summed E-state index contributed by atoms with van der Waals surface area (Å²) < 4.78 is 13.8. The van der Waals surface area contributed by atoms with E-state index in [2.05, 4.69) is 11.9 Å². The quantitative estimate of drug-likeness (QED) is 0.584. The van der Waals surface area contributed by atoms with Crippen LogP contribution in [0.3, 0.4) is 0 Å². The van der Waals surface area contributed by atoms with Gasteiger partial charge in [0.15, 0.2) is 0 Å². The standard InChI is InChI=1S/C13H17ClFN/c1-3-4-5-9-12(16-2)10-7-6-8-11(14)13(10)15/h3,6-8,12,16H,1,4-5,9H2,2H3. The molecule has 88 valence electrons. The zero-order chi connectivity index (χ0) is 12.0. The Morgan fingerprint density at radius 1 is 1.56 bits per heavy atom. The van der Waals surface area contributed by atoms with Crippen molar-refractivity contribution in [3.8, 4) is 0 Å². The summed E-state index contributed by atoms with van der Waals surface area (Å²) in [6, 6.07) is 5.13. The molecule has 1 aromatic carbocycles. The highest BCUT2D eigenvalue weighted by molar-refractivity contribution is 6.30. The molecular weight excluding hydrogens is 225 g/mol. The molecular formula is C13H17ClFN. The van der Waals surface area contributed by atoms with Crippen molar-refractivity contribution in [3.05, 3.63) is 47.3 Å². The van der Waals surface area contributed by atoms with Crippen LogP contribution in [-0.4, -0.2) is 7.05 Å². The molecule has 0 fully saturated rings. The molecule has 0 radical (unpaired) electrons. The van der Waals surface area contributed by atoms with Gasteiger partial charge in [-0.05, 0) is 32.4 Å². The van der Waals surface area contributed by atoms with Gasteiger partial charge in [0, 0.05) is 11.6 Å². The Kier molecular flexibility index (Phi) is 5.50. The summed E-state index contributed by atoms with van der Waals surface area (Å²) in [5, 5.41) is 3.29. The van der Waals surface area contributed by atoms with Gasteiger partial charge >= 0.3 is 0 Å². The molecule has 1 N–H and O–H groups in total. The Bertz CT molecular complexity index is 352. The van der Waals surface area contributed by atoms with E-state index >= 15 is 0 Å². The van der Waals surface area contributed by atoms with Crippen molar-refractivity contribution in [2.45, 2.75) is 25.3 Å². The molecule has 16 heavy (non-hydrogen) atoms. The molecule has 1 nitrogen and oxygen atoms in total. The molecule has 0 aromatic heterocycles. The monoisotopic (exact) mass is 241 g/mol. The molecule has 0 bridgehead atoms. The minimum atomic E-state index is -0.317. The van der Waals surface area contributed by atoms with Crippen LogP contribution in [0, 0.1) is 5.82 Å². The summed E-state index contributed by atoms with van der Waals surface area (Å²) in [4.78, 5) is 0. The Hall–Kier alpha value is -0.860. The number of halogens is 2. The zero-order valence-electron chi connectivity index (χ0n) is 9.47. The van der Waals surface area contributed by atoms with Crippen molar-refractivity contribution in [1.29, 1.82) is 0 Å². The first-order valence-electron chi connectivity index (χ1n) is 5.42. The molecule has 0 amide bonds. The predicted octanol–water partition coefficient (Wildman–Crippen LogP) is 4.10. The number of rotatable bonds is 6. The van der Waals surface area contributed by atoms with E-state index < -0.39 is 0 Å². The lowest BCUT2D eigenvalue weighted by atomic mass is 10.0. The average molecular weight is 242 g/mol. The fourth-order valence-electron chi connectivity index (χ4n) is 1.71. The summed E-state index contributed by atoms with van der Waals surface area (Å²) >= 11 is 5.76. The summed E-state index contributed by atoms with van der Waals surface area (Å²) in [6.07, 6.45) is 4.68. The van der Waals surface area contributed by atoms with Gasteiger partial charge in [0.05, 0.1) is 5.02 Å². The molecule has 0 aliphatic carbocycles. The third kappa shape index (κ3) is 3.32. The lowest BCUT2D eigenvalue weighted by Gasteiger charge is -2.17. The normalized spacial score (nSPS) is 12.4. The zero-order valence-corrected chi connectivity index (χ0v) is 10.2. The number of hydrogen-bond donors (Lipinski definition) is 1. The molecule has 1 unspecified atom stereocenters. The van der Waals surface area contributed by atoms with Crippen molar-refractivity contribution in [2.24, 2.45) is 0 Å². The van der Waals surface area contributed by atoms with Crippen molar-refractivity contribution >= 4 is 11.6 Å². The lowest BCUT2D eigenvalue weighted by Crippen LogP contribution is -2.17. The van der Waals surface area contributed by atoms with Gasteiger partial charge in [-0.1, -0.05) is 29.8 Å². The molecule has 0 aliphatic heterocycles. The second kappa shape index (κ2) is 6.66. The van der Waals surface area contributed by atoms with Gasteiger partial charge in [-0.15, -0.1) is 6.58 Å². The first kappa shape index (κ1) is 13.2. The summed E-state index contributed by atoms with van der Waals surface area (Å²) in [5.74, 6) is -0.317. The van der Waals surface area contributed by atoms with E-state index in [0.717, 1.165) is 19.3 Å². The smallest absolute Gasteiger partial charge is 0.146 e. The second-order valence-corrected chi connectivity index (χ2v) is 4.11. The van der Waals surface area contributed by atoms with Crippen LogP contribution in [0.2, 0.25) is 5.02 Å². The van der Waals surface area contributed by atoms with Crippen LogP contribution >= 0.6 is 11.6 Å². The minimum absolute atomic E-state index is 0.0126. The van der Waals surface area contributed by atoms with E-state index in [1.54, 1.807) is 18.2 Å². The first-order valence-corrected chi connectivity index (χ1v) is 5.80. The Morgan fingerprint density at radius 2 is 2.31 bits per heavy atom. The average Bonchev–Trinajstić information content (AvgIpc) is 2.29. The number of nitrogens with one attached hydrogen (secondary N) is 1. The largest absolute Gasteiger partial charge is 0.313 e. The van der Waals surface area contributed by atoms with Crippen LogP contribution in [0.5, 0.6) is 0 Å². The Labute approximate surface area is 101 Å². The van der Waals surface area contributed by atoms with Crippen LogP contribution in [0.4, 0.5) is 4.39 Å². The van der Waals surface area contributed by atoms with E-state index in [-0.39, 0.29) is 16.9 Å². The number of allylic oxidation sites excluding steroid dienone is 1. The summed E-state index contributed by atoms with van der Waals surface area (Å²) in [7, 11) is 1.83. The number of benzene rings is 1. The molecule has 0 aliphatic rings. The van der Waals surface area contributed by atoms with Crippen molar-refractivity contribution in [1.82, 2.24) is 5.32 Å². The van der Waals surface area contributed by atoms with Crippen molar-refractivity contribution in [2.75, 3.05) is 7.05 Å². The SMILES string of the molecule is C=CCCCC(NC)c1cccc(Cl)c1F. The van der Waals surface area contributed by atoms with Gasteiger partial charge < -0.3 is 5.32 Å². The van der Waals surface area contributed by atoms with Gasteiger partial charge in [0.2, 0.25) is 0 Å². The maximum atomic E-state index is 13.8. The van der Waals surface area contributed by atoms with Gasteiger partial charge in [0.1, 0.15) is 5.82 Å². The second-order valence-electron chi connectivity index (χ2n) is 3.70. The van der Waals surface area contributed by atoms with Crippen molar-refractivity contribution < 1.29 is 4.39 Å². The van der Waals surface area contributed by atoms with Crippen LogP contribution in [0.15, 0.2) is 30.9 Å². The van der Waals surface area contributed by atoms with Gasteiger partial charge in [-0.2, -0.15) is 0 Å². The molecule has 3 heteroatoms. The van der Waals surface area contributed by atoms with Crippen molar-refractivity contribution in [3.63, 3.8) is 0 Å². The molecule has 0 saturated carbocycles. The topological polar surface area (TPSA) is 12.0 Å². The van der Waals surface area contributed by atoms with E-state index in [9.17, 15) is 4.39 Å². The predicted molar refractivity (Wildman–Crippen MR) is 67.3 cm³/mol. The molecule has 0 heterocycles. The molecule has 0 spiro atoms. The lowest BCUT2D eigenvalue weighted by molar-refractivity contribution is 0.496. The Morgan fingerprint density at radius 3 is 2.94 bits per heavy atom. The molecule has 1 rings (SSSR count).